The summed E-state index contributed by atoms with van der Waals surface area (Å²) in [5.74, 6) is 0.528. The molecule has 1 aromatic carbocycles. The molecule has 0 bridgehead atoms. The minimum Gasteiger partial charge on any atom is -0.308 e. The molecule has 3 heterocycles. The summed E-state index contributed by atoms with van der Waals surface area (Å²) in [5, 5.41) is 0. The van der Waals surface area contributed by atoms with Crippen molar-refractivity contribution in [3.8, 4) is 0 Å². The van der Waals surface area contributed by atoms with Crippen molar-refractivity contribution >= 4 is 22.9 Å². The molecule has 0 radical (unpaired) electrons. The first kappa shape index (κ1) is 12.0. The number of hydrogen-bond donors (Lipinski definition) is 0. The van der Waals surface area contributed by atoms with Crippen LogP contribution in [0.25, 0.3) is 11.0 Å². The molecule has 0 atom stereocenters. The van der Waals surface area contributed by atoms with E-state index in [1.807, 2.05) is 31.2 Å². The number of carbonyl (C=O) groups excluding carboxylic acids is 1. The number of benzene rings is 1. The lowest BCUT2D eigenvalue weighted by molar-refractivity contribution is 0.0983. The van der Waals surface area contributed by atoms with Crippen LogP contribution in [0.2, 0.25) is 0 Å². The summed E-state index contributed by atoms with van der Waals surface area (Å²) in [6.45, 7) is 3.21. The molecular formula is C15H13N5O. The van der Waals surface area contributed by atoms with Crippen LogP contribution in [-0.4, -0.2) is 32.0 Å². The predicted octanol–water partition coefficient (Wildman–Crippen LogP) is 1.80. The average Bonchev–Trinajstić information content (AvgIpc) is 3.06. The number of amides is 1. The Kier molecular flexibility index (Phi) is 2.50. The highest BCUT2D eigenvalue weighted by molar-refractivity contribution is 6.05. The van der Waals surface area contributed by atoms with Crippen molar-refractivity contribution in [3.05, 3.63) is 48.0 Å². The van der Waals surface area contributed by atoms with E-state index in [9.17, 15) is 4.79 Å². The van der Waals surface area contributed by atoms with E-state index in [0.29, 0.717) is 18.2 Å². The van der Waals surface area contributed by atoms with Gasteiger partial charge in [0, 0.05) is 19.3 Å². The largest absolute Gasteiger partial charge is 0.308 e. The molecule has 104 valence electrons. The normalized spacial score (nSPS) is 13.7. The van der Waals surface area contributed by atoms with Crippen molar-refractivity contribution in [2.75, 3.05) is 11.4 Å². The van der Waals surface area contributed by atoms with Crippen LogP contribution in [0.1, 0.15) is 16.2 Å². The van der Waals surface area contributed by atoms with E-state index in [0.717, 1.165) is 23.3 Å². The van der Waals surface area contributed by atoms with Crippen LogP contribution in [0.5, 0.6) is 0 Å². The van der Waals surface area contributed by atoms with Gasteiger partial charge in [-0.25, -0.2) is 9.97 Å². The van der Waals surface area contributed by atoms with Crippen LogP contribution in [0.3, 0.4) is 0 Å². The highest BCUT2D eigenvalue weighted by Gasteiger charge is 2.29. The molecule has 6 heteroatoms. The van der Waals surface area contributed by atoms with Gasteiger partial charge >= 0.3 is 0 Å². The van der Waals surface area contributed by atoms with Gasteiger partial charge in [-0.2, -0.15) is 0 Å². The Balaban J connectivity index is 1.76. The van der Waals surface area contributed by atoms with Crippen LogP contribution >= 0.6 is 0 Å². The van der Waals surface area contributed by atoms with E-state index in [1.165, 1.54) is 6.20 Å². The van der Waals surface area contributed by atoms with Gasteiger partial charge in [0.1, 0.15) is 5.69 Å². The second-order valence-electron chi connectivity index (χ2n) is 5.05. The molecule has 0 aliphatic carbocycles. The van der Waals surface area contributed by atoms with Crippen molar-refractivity contribution in [2.45, 2.75) is 13.5 Å². The fraction of sp³-hybridized carbons (Fsp3) is 0.200. The zero-order chi connectivity index (χ0) is 14.4. The number of hydrogen-bond acceptors (Lipinski definition) is 4. The number of carbonyl (C=O) groups is 1. The zero-order valence-corrected chi connectivity index (χ0v) is 11.5. The summed E-state index contributed by atoms with van der Waals surface area (Å²) in [6, 6.07) is 7.90. The molecule has 21 heavy (non-hydrogen) atoms. The SMILES string of the molecule is Cc1cnc(C(=O)N2CCn3c2nc2ccccc23)cn1. The Morgan fingerprint density at radius 3 is 2.81 bits per heavy atom. The molecule has 0 saturated carbocycles. The lowest BCUT2D eigenvalue weighted by Gasteiger charge is -2.12. The van der Waals surface area contributed by atoms with Crippen molar-refractivity contribution in [2.24, 2.45) is 0 Å². The molecule has 0 saturated heterocycles. The molecule has 2 aromatic heterocycles. The van der Waals surface area contributed by atoms with Crippen LogP contribution < -0.4 is 4.90 Å². The van der Waals surface area contributed by atoms with Crippen molar-refractivity contribution < 1.29 is 4.79 Å². The van der Waals surface area contributed by atoms with Crippen LogP contribution in [-0.2, 0) is 6.54 Å². The van der Waals surface area contributed by atoms with Gasteiger partial charge in [0.25, 0.3) is 5.91 Å². The van der Waals surface area contributed by atoms with E-state index < -0.39 is 0 Å². The first-order chi connectivity index (χ1) is 10.2. The van der Waals surface area contributed by atoms with E-state index in [2.05, 4.69) is 19.5 Å². The maximum Gasteiger partial charge on any atom is 0.280 e. The van der Waals surface area contributed by atoms with Crippen LogP contribution in [0, 0.1) is 6.92 Å². The predicted molar refractivity (Wildman–Crippen MR) is 78.2 cm³/mol. The third-order valence-electron chi connectivity index (χ3n) is 3.67. The number of para-hydroxylation sites is 2. The van der Waals surface area contributed by atoms with Gasteiger partial charge in [-0.1, -0.05) is 12.1 Å². The second-order valence-corrected chi connectivity index (χ2v) is 5.05. The third-order valence-corrected chi connectivity index (χ3v) is 3.67. The average molecular weight is 279 g/mol. The standard InChI is InChI=1S/C15H13N5O/c1-10-8-17-12(9-16-10)14(21)20-7-6-19-13-5-3-2-4-11(13)18-15(19)20/h2-5,8-9H,6-7H2,1H3. The zero-order valence-electron chi connectivity index (χ0n) is 11.5. The quantitative estimate of drug-likeness (QED) is 0.681. The molecule has 1 aliphatic heterocycles. The number of rotatable bonds is 1. The Morgan fingerprint density at radius 2 is 2.00 bits per heavy atom. The lowest BCUT2D eigenvalue weighted by atomic mass is 10.3. The fourth-order valence-electron chi connectivity index (χ4n) is 2.62. The third kappa shape index (κ3) is 1.79. The van der Waals surface area contributed by atoms with E-state index in [1.54, 1.807) is 11.1 Å². The summed E-state index contributed by atoms with van der Waals surface area (Å²) in [7, 11) is 0. The second kappa shape index (κ2) is 4.37. The van der Waals surface area contributed by atoms with Crippen LogP contribution in [0.4, 0.5) is 5.95 Å². The monoisotopic (exact) mass is 279 g/mol. The van der Waals surface area contributed by atoms with E-state index in [4.69, 9.17) is 0 Å². The number of anilines is 1. The number of fused-ring (bicyclic) bond motifs is 3. The Labute approximate surface area is 121 Å². The molecule has 0 fully saturated rings. The van der Waals surface area contributed by atoms with Crippen molar-refractivity contribution in [1.82, 2.24) is 19.5 Å². The number of aromatic nitrogens is 4. The molecule has 6 nitrogen and oxygen atoms in total. The van der Waals surface area contributed by atoms with Gasteiger partial charge in [0.15, 0.2) is 0 Å². The molecule has 1 aliphatic rings. The summed E-state index contributed by atoms with van der Waals surface area (Å²) in [4.78, 5) is 27.1. The molecule has 0 N–H and O–H groups in total. The minimum atomic E-state index is -0.156. The maximum atomic E-state index is 12.6. The molecule has 4 rings (SSSR count). The number of aryl methyl sites for hydroxylation is 1. The first-order valence-corrected chi connectivity index (χ1v) is 6.80. The maximum absolute atomic E-state index is 12.6. The van der Waals surface area contributed by atoms with E-state index in [-0.39, 0.29) is 5.91 Å². The number of nitrogens with zero attached hydrogens (tertiary/aromatic N) is 5. The van der Waals surface area contributed by atoms with E-state index >= 15 is 0 Å². The van der Waals surface area contributed by atoms with Gasteiger partial charge in [-0.3, -0.25) is 14.7 Å². The van der Waals surface area contributed by atoms with Gasteiger partial charge in [-0.15, -0.1) is 0 Å². The fourth-order valence-corrected chi connectivity index (χ4v) is 2.62. The molecule has 1 amide bonds. The Hall–Kier alpha value is -2.76. The lowest BCUT2D eigenvalue weighted by Crippen LogP contribution is -2.30. The smallest absolute Gasteiger partial charge is 0.280 e. The summed E-state index contributed by atoms with van der Waals surface area (Å²) >= 11 is 0. The van der Waals surface area contributed by atoms with Crippen LogP contribution in [0.15, 0.2) is 36.7 Å². The van der Waals surface area contributed by atoms with Crippen molar-refractivity contribution in [3.63, 3.8) is 0 Å². The minimum absolute atomic E-state index is 0.156. The molecular weight excluding hydrogens is 266 g/mol. The summed E-state index contributed by atoms with van der Waals surface area (Å²) < 4.78 is 2.06. The summed E-state index contributed by atoms with van der Waals surface area (Å²) in [5.41, 5.74) is 3.10. The number of imidazole rings is 1. The van der Waals surface area contributed by atoms with Gasteiger partial charge in [0.05, 0.1) is 22.9 Å². The highest BCUT2D eigenvalue weighted by Crippen LogP contribution is 2.27. The molecule has 3 aromatic rings. The first-order valence-electron chi connectivity index (χ1n) is 6.80. The highest BCUT2D eigenvalue weighted by atomic mass is 16.2. The topological polar surface area (TPSA) is 63.9 Å². The van der Waals surface area contributed by atoms with Gasteiger partial charge < -0.3 is 4.57 Å². The van der Waals surface area contributed by atoms with Gasteiger partial charge in [0.2, 0.25) is 5.95 Å². The van der Waals surface area contributed by atoms with Crippen molar-refractivity contribution in [1.29, 1.82) is 0 Å². The molecule has 0 unspecified atom stereocenters. The van der Waals surface area contributed by atoms with Gasteiger partial charge in [-0.05, 0) is 19.1 Å². The Morgan fingerprint density at radius 1 is 1.14 bits per heavy atom. The molecule has 0 spiro atoms. The Bertz CT molecular complexity index is 837. The summed E-state index contributed by atoms with van der Waals surface area (Å²) in [6.07, 6.45) is 3.12.